The molecular formula is C15H26O. The Bertz CT molecular complexity index is 291. The first-order valence-electron chi connectivity index (χ1n) is 6.30. The molecule has 92 valence electrons. The molecule has 0 aromatic heterocycles. The lowest BCUT2D eigenvalue weighted by Gasteiger charge is -2.08. The van der Waals surface area contributed by atoms with Gasteiger partial charge in [-0.15, -0.1) is 0 Å². The first-order chi connectivity index (χ1) is 7.25. The first-order valence-corrected chi connectivity index (χ1v) is 6.30. The highest BCUT2D eigenvalue weighted by molar-refractivity contribution is 5.33. The molecule has 1 aromatic carbocycles. The van der Waals surface area contributed by atoms with E-state index in [1.165, 1.54) is 49.7 Å². The summed E-state index contributed by atoms with van der Waals surface area (Å²) >= 11 is 0. The lowest BCUT2D eigenvalue weighted by atomic mass is 9.98. The molecule has 0 bridgehead atoms. The van der Waals surface area contributed by atoms with Crippen LogP contribution in [0.4, 0.5) is 0 Å². The van der Waals surface area contributed by atoms with Gasteiger partial charge in [0, 0.05) is 0 Å². The fourth-order valence-corrected chi connectivity index (χ4v) is 2.00. The number of aryl methyl sites for hydroxylation is 2. The Labute approximate surface area is 100 Å². The molecule has 1 aromatic rings. The Kier molecular flexibility index (Phi) is 7.92. The standard InChI is InChI=1S/C15H24.H2O/c1-4-5-6-7-8-11-15-12-9-10-13(2)14(15)3;/h9-10,12H,4-8,11H2,1-3H3;1H2. The lowest BCUT2D eigenvalue weighted by Crippen LogP contribution is -1.92. The molecule has 0 radical (unpaired) electrons. The van der Waals surface area contributed by atoms with E-state index in [1.807, 2.05) is 0 Å². The van der Waals surface area contributed by atoms with Crippen molar-refractivity contribution in [2.45, 2.75) is 59.3 Å². The molecule has 1 heteroatoms. The van der Waals surface area contributed by atoms with Crippen LogP contribution in [0.2, 0.25) is 0 Å². The highest BCUT2D eigenvalue weighted by atomic mass is 16.0. The Balaban J connectivity index is 0.00000225. The molecular weight excluding hydrogens is 196 g/mol. The first kappa shape index (κ1) is 15.2. The van der Waals surface area contributed by atoms with Gasteiger partial charge in [0.2, 0.25) is 0 Å². The molecule has 0 aliphatic rings. The highest BCUT2D eigenvalue weighted by Gasteiger charge is 1.99. The van der Waals surface area contributed by atoms with Gasteiger partial charge in [0.25, 0.3) is 0 Å². The Morgan fingerprint density at radius 1 is 0.938 bits per heavy atom. The van der Waals surface area contributed by atoms with E-state index >= 15 is 0 Å². The third kappa shape index (κ3) is 4.80. The second-order valence-corrected chi connectivity index (χ2v) is 4.52. The van der Waals surface area contributed by atoms with Crippen LogP contribution in [0.1, 0.15) is 55.7 Å². The molecule has 0 aliphatic carbocycles. The van der Waals surface area contributed by atoms with E-state index in [0.717, 1.165) is 0 Å². The minimum Gasteiger partial charge on any atom is -0.412 e. The number of hydrogen-bond acceptors (Lipinski definition) is 0. The van der Waals surface area contributed by atoms with Crippen molar-refractivity contribution in [3.8, 4) is 0 Å². The summed E-state index contributed by atoms with van der Waals surface area (Å²) in [5.74, 6) is 0. The molecule has 0 unspecified atom stereocenters. The lowest BCUT2D eigenvalue weighted by molar-refractivity contribution is 0.631. The molecule has 0 saturated heterocycles. The maximum Gasteiger partial charge on any atom is -0.0276 e. The zero-order chi connectivity index (χ0) is 11.1. The molecule has 0 atom stereocenters. The number of benzene rings is 1. The van der Waals surface area contributed by atoms with Gasteiger partial charge in [-0.25, -0.2) is 0 Å². The predicted molar refractivity (Wildman–Crippen MR) is 72.0 cm³/mol. The molecule has 0 spiro atoms. The number of hydrogen-bond donors (Lipinski definition) is 0. The van der Waals surface area contributed by atoms with E-state index in [0.29, 0.717) is 0 Å². The summed E-state index contributed by atoms with van der Waals surface area (Å²) in [6.45, 7) is 6.72. The summed E-state index contributed by atoms with van der Waals surface area (Å²) < 4.78 is 0. The summed E-state index contributed by atoms with van der Waals surface area (Å²) in [7, 11) is 0. The molecule has 0 saturated carbocycles. The third-order valence-electron chi connectivity index (χ3n) is 3.27. The van der Waals surface area contributed by atoms with Crippen LogP contribution in [-0.4, -0.2) is 5.48 Å². The largest absolute Gasteiger partial charge is 0.412 e. The summed E-state index contributed by atoms with van der Waals surface area (Å²) in [5, 5.41) is 0. The molecule has 0 heterocycles. The summed E-state index contributed by atoms with van der Waals surface area (Å²) in [6.07, 6.45) is 8.14. The SMILES string of the molecule is CCCCCCCc1cccc(C)c1C.O. The van der Waals surface area contributed by atoms with Gasteiger partial charge < -0.3 is 5.48 Å². The van der Waals surface area contributed by atoms with E-state index in [9.17, 15) is 0 Å². The Morgan fingerprint density at radius 2 is 1.62 bits per heavy atom. The van der Waals surface area contributed by atoms with Gasteiger partial charge in [-0.3, -0.25) is 0 Å². The van der Waals surface area contributed by atoms with Crippen LogP contribution >= 0.6 is 0 Å². The zero-order valence-electron chi connectivity index (χ0n) is 11.0. The van der Waals surface area contributed by atoms with Crippen molar-refractivity contribution in [3.63, 3.8) is 0 Å². The van der Waals surface area contributed by atoms with Crippen molar-refractivity contribution in [2.75, 3.05) is 0 Å². The van der Waals surface area contributed by atoms with E-state index in [2.05, 4.69) is 39.0 Å². The molecule has 1 rings (SSSR count). The topological polar surface area (TPSA) is 31.5 Å². The molecule has 0 amide bonds. The Hall–Kier alpha value is -0.820. The summed E-state index contributed by atoms with van der Waals surface area (Å²) in [6, 6.07) is 6.67. The van der Waals surface area contributed by atoms with Gasteiger partial charge in [-0.05, 0) is 43.4 Å². The molecule has 1 nitrogen and oxygen atoms in total. The van der Waals surface area contributed by atoms with Gasteiger partial charge in [-0.2, -0.15) is 0 Å². The number of unbranched alkanes of at least 4 members (excludes halogenated alkanes) is 4. The van der Waals surface area contributed by atoms with Gasteiger partial charge in [0.05, 0.1) is 0 Å². The fourth-order valence-electron chi connectivity index (χ4n) is 2.00. The van der Waals surface area contributed by atoms with Crippen molar-refractivity contribution in [1.29, 1.82) is 0 Å². The average molecular weight is 222 g/mol. The average Bonchev–Trinajstić information content (AvgIpc) is 2.24. The monoisotopic (exact) mass is 222 g/mol. The van der Waals surface area contributed by atoms with Crippen LogP contribution in [-0.2, 0) is 6.42 Å². The fraction of sp³-hybridized carbons (Fsp3) is 0.600. The molecule has 0 aliphatic heterocycles. The van der Waals surface area contributed by atoms with Crippen LogP contribution < -0.4 is 0 Å². The van der Waals surface area contributed by atoms with Crippen molar-refractivity contribution < 1.29 is 5.48 Å². The van der Waals surface area contributed by atoms with Crippen LogP contribution in [0.25, 0.3) is 0 Å². The van der Waals surface area contributed by atoms with Crippen molar-refractivity contribution >= 4 is 0 Å². The molecule has 16 heavy (non-hydrogen) atoms. The Morgan fingerprint density at radius 3 is 2.31 bits per heavy atom. The highest BCUT2D eigenvalue weighted by Crippen LogP contribution is 2.16. The zero-order valence-corrected chi connectivity index (χ0v) is 11.0. The van der Waals surface area contributed by atoms with Crippen LogP contribution in [0.15, 0.2) is 18.2 Å². The van der Waals surface area contributed by atoms with Gasteiger partial charge in [0.1, 0.15) is 0 Å². The quantitative estimate of drug-likeness (QED) is 0.652. The number of rotatable bonds is 6. The van der Waals surface area contributed by atoms with E-state index in [1.54, 1.807) is 5.56 Å². The summed E-state index contributed by atoms with van der Waals surface area (Å²) in [4.78, 5) is 0. The maximum absolute atomic E-state index is 2.28. The van der Waals surface area contributed by atoms with Gasteiger partial charge in [0.15, 0.2) is 0 Å². The predicted octanol–water partition coefficient (Wildman–Crippen LogP) is 3.99. The van der Waals surface area contributed by atoms with Crippen LogP contribution in [0.3, 0.4) is 0 Å². The van der Waals surface area contributed by atoms with Gasteiger partial charge in [-0.1, -0.05) is 50.8 Å². The van der Waals surface area contributed by atoms with Crippen LogP contribution in [0.5, 0.6) is 0 Å². The van der Waals surface area contributed by atoms with Crippen molar-refractivity contribution in [1.82, 2.24) is 0 Å². The van der Waals surface area contributed by atoms with E-state index in [4.69, 9.17) is 0 Å². The van der Waals surface area contributed by atoms with Gasteiger partial charge >= 0.3 is 0 Å². The molecule has 0 fully saturated rings. The second-order valence-electron chi connectivity index (χ2n) is 4.52. The second kappa shape index (κ2) is 8.35. The minimum absolute atomic E-state index is 0. The third-order valence-corrected chi connectivity index (χ3v) is 3.27. The van der Waals surface area contributed by atoms with Crippen molar-refractivity contribution in [3.05, 3.63) is 34.9 Å². The molecule has 2 N–H and O–H groups in total. The summed E-state index contributed by atoms with van der Waals surface area (Å²) in [5.41, 5.74) is 4.47. The van der Waals surface area contributed by atoms with Crippen LogP contribution in [0, 0.1) is 13.8 Å². The van der Waals surface area contributed by atoms with E-state index in [-0.39, 0.29) is 5.48 Å². The minimum atomic E-state index is 0. The van der Waals surface area contributed by atoms with Crippen molar-refractivity contribution in [2.24, 2.45) is 0 Å². The van der Waals surface area contributed by atoms with E-state index < -0.39 is 0 Å². The maximum atomic E-state index is 2.28. The normalized spacial score (nSPS) is 9.94. The smallest absolute Gasteiger partial charge is 0.0276 e.